The first kappa shape index (κ1) is 33.9. The van der Waals surface area contributed by atoms with E-state index in [9.17, 15) is 33.2 Å². The molecule has 0 radical (unpaired) electrons. The molecule has 0 bridgehead atoms. The maximum atomic E-state index is 14.1. The summed E-state index contributed by atoms with van der Waals surface area (Å²) in [6, 6.07) is 7.02. The van der Waals surface area contributed by atoms with E-state index in [-0.39, 0.29) is 55.3 Å². The van der Waals surface area contributed by atoms with Crippen LogP contribution in [0.25, 0.3) is 0 Å². The van der Waals surface area contributed by atoms with Crippen molar-refractivity contribution in [3.8, 4) is 0 Å². The van der Waals surface area contributed by atoms with Gasteiger partial charge in [-0.25, -0.2) is 13.6 Å². The minimum absolute atomic E-state index is 0.0314. The van der Waals surface area contributed by atoms with Crippen molar-refractivity contribution < 1.29 is 33.2 Å². The van der Waals surface area contributed by atoms with Crippen molar-refractivity contribution in [3.05, 3.63) is 53.3 Å². The Balaban J connectivity index is 1.24. The van der Waals surface area contributed by atoms with Crippen LogP contribution in [0.3, 0.4) is 0 Å². The lowest BCUT2D eigenvalue weighted by molar-refractivity contribution is -0.132. The Hall–Kier alpha value is -5.02. The summed E-state index contributed by atoms with van der Waals surface area (Å²) in [5.41, 5.74) is 0.211. The Bertz CT molecular complexity index is 1690. The first-order valence-corrected chi connectivity index (χ1v) is 16.3. The minimum atomic E-state index is -2.87. The number of aromatic nitrogens is 2. The molecule has 260 valence electrons. The summed E-state index contributed by atoms with van der Waals surface area (Å²) in [4.78, 5) is 55.7. The molecule has 4 aliphatic rings. The second kappa shape index (κ2) is 13.1. The van der Waals surface area contributed by atoms with Gasteiger partial charge >= 0.3 is 6.03 Å². The van der Waals surface area contributed by atoms with Crippen LogP contribution < -0.4 is 21.3 Å². The topological polar surface area (TPSA) is 202 Å². The number of amides is 5. The molecule has 6 N–H and O–H groups in total. The maximum absolute atomic E-state index is 14.1. The molecule has 2 aromatic rings. The second-order valence-electron chi connectivity index (χ2n) is 13.7. The summed E-state index contributed by atoms with van der Waals surface area (Å²) in [6.07, 6.45) is 2.89. The second-order valence-corrected chi connectivity index (χ2v) is 13.7. The standard InChI is InChI=1S/C33H39F2N9O5/c1-19(36)25(43-49)27(45)41-26(20-6-8-33(34,35)9-7-20)28(46)40-23-5-4-21-14-32(15-22(21)13-23,29(47)37-16-24-3-2-12-39-42-24)44-18-31(10-11-31)17-38-30(44)48/h2-5,12-13,20,26,36,49H,6-11,14-18H2,1H3,(H,37,47)(H,38,48)(H,40,46)(H,41,45)/b36-19?,43-25+/t26-,32?/m0/s1. The lowest BCUT2D eigenvalue weighted by Gasteiger charge is -2.44. The van der Waals surface area contributed by atoms with Crippen molar-refractivity contribution in [3.63, 3.8) is 0 Å². The molecular weight excluding hydrogens is 640 g/mol. The molecular formula is C33H39F2N9O5. The van der Waals surface area contributed by atoms with Crippen LogP contribution in [0, 0.1) is 16.7 Å². The number of alkyl halides is 2. The van der Waals surface area contributed by atoms with E-state index < -0.39 is 53.8 Å². The van der Waals surface area contributed by atoms with Crippen LogP contribution in [0.1, 0.15) is 62.3 Å². The number of carbonyl (C=O) groups excluding carboxylic acids is 4. The third-order valence-corrected chi connectivity index (χ3v) is 10.2. The fraction of sp³-hybridized carbons (Fsp3) is 0.515. The van der Waals surface area contributed by atoms with Gasteiger partial charge in [-0.15, -0.1) is 0 Å². The van der Waals surface area contributed by atoms with Crippen LogP contribution in [0.5, 0.6) is 0 Å². The Labute approximate surface area is 281 Å². The number of carbonyl (C=O) groups is 4. The van der Waals surface area contributed by atoms with Gasteiger partial charge in [0, 0.05) is 56.1 Å². The van der Waals surface area contributed by atoms with Crippen molar-refractivity contribution in [2.24, 2.45) is 16.5 Å². The number of urea groups is 1. The Kier molecular flexibility index (Phi) is 9.07. The lowest BCUT2D eigenvalue weighted by Crippen LogP contribution is -2.67. The number of nitrogens with one attached hydrogen (secondary N) is 5. The molecule has 1 aromatic heterocycles. The highest BCUT2D eigenvalue weighted by Crippen LogP contribution is 2.50. The lowest BCUT2D eigenvalue weighted by atomic mass is 9.81. The first-order chi connectivity index (χ1) is 23.3. The van der Waals surface area contributed by atoms with Crippen molar-refractivity contribution in [2.45, 2.75) is 82.3 Å². The summed E-state index contributed by atoms with van der Waals surface area (Å²) in [7, 11) is 0. The number of benzene rings is 1. The molecule has 3 fully saturated rings. The molecule has 1 aromatic carbocycles. The highest BCUT2D eigenvalue weighted by atomic mass is 19.3. The summed E-state index contributed by atoms with van der Waals surface area (Å²) >= 11 is 0. The highest BCUT2D eigenvalue weighted by Gasteiger charge is 2.57. The number of rotatable bonds is 10. The molecule has 1 aliphatic heterocycles. The zero-order valence-corrected chi connectivity index (χ0v) is 27.0. The molecule has 2 heterocycles. The van der Waals surface area contributed by atoms with E-state index in [0.29, 0.717) is 24.5 Å². The van der Waals surface area contributed by atoms with E-state index >= 15 is 0 Å². The van der Waals surface area contributed by atoms with Crippen LogP contribution >= 0.6 is 0 Å². The molecule has 2 saturated carbocycles. The smallest absolute Gasteiger partial charge is 0.318 e. The zero-order valence-electron chi connectivity index (χ0n) is 27.0. The summed E-state index contributed by atoms with van der Waals surface area (Å²) < 4.78 is 28.0. The average Bonchev–Trinajstić information content (AvgIpc) is 3.72. The summed E-state index contributed by atoms with van der Waals surface area (Å²) in [6.45, 7) is 2.35. The van der Waals surface area contributed by atoms with Gasteiger partial charge in [-0.1, -0.05) is 11.2 Å². The van der Waals surface area contributed by atoms with Crippen molar-refractivity contribution in [1.82, 2.24) is 31.0 Å². The van der Waals surface area contributed by atoms with Gasteiger partial charge in [0.15, 0.2) is 5.71 Å². The molecule has 14 nitrogen and oxygen atoms in total. The highest BCUT2D eigenvalue weighted by molar-refractivity contribution is 6.65. The molecule has 49 heavy (non-hydrogen) atoms. The van der Waals surface area contributed by atoms with Crippen molar-refractivity contribution in [2.75, 3.05) is 18.4 Å². The van der Waals surface area contributed by atoms with Crippen molar-refractivity contribution in [1.29, 1.82) is 5.41 Å². The monoisotopic (exact) mass is 679 g/mol. The van der Waals surface area contributed by atoms with Gasteiger partial charge < -0.3 is 36.8 Å². The predicted octanol–water partition coefficient (Wildman–Crippen LogP) is 2.55. The molecule has 1 unspecified atom stereocenters. The fourth-order valence-corrected chi connectivity index (χ4v) is 7.16. The molecule has 6 rings (SSSR count). The minimum Gasteiger partial charge on any atom is -0.410 e. The summed E-state index contributed by atoms with van der Waals surface area (Å²) in [5.74, 6) is -5.50. The Morgan fingerprint density at radius 2 is 1.88 bits per heavy atom. The fourth-order valence-electron chi connectivity index (χ4n) is 7.16. The van der Waals surface area contributed by atoms with Crippen molar-refractivity contribution >= 4 is 40.9 Å². The number of hydrogen-bond acceptors (Lipinski definition) is 9. The Morgan fingerprint density at radius 1 is 1.14 bits per heavy atom. The molecule has 2 atom stereocenters. The number of oxime groups is 1. The third-order valence-electron chi connectivity index (χ3n) is 10.2. The van der Waals surface area contributed by atoms with Crippen LogP contribution in [0.4, 0.5) is 19.3 Å². The maximum Gasteiger partial charge on any atom is 0.318 e. The van der Waals surface area contributed by atoms with E-state index in [4.69, 9.17) is 5.41 Å². The van der Waals surface area contributed by atoms with Crippen LogP contribution in [0.15, 0.2) is 41.7 Å². The van der Waals surface area contributed by atoms with Gasteiger partial charge in [0.25, 0.3) is 5.91 Å². The molecule has 1 saturated heterocycles. The van der Waals surface area contributed by atoms with Gasteiger partial charge in [-0.2, -0.15) is 10.2 Å². The number of fused-ring (bicyclic) bond motifs is 1. The van der Waals surface area contributed by atoms with Gasteiger partial charge in [0.1, 0.15) is 11.6 Å². The number of anilines is 1. The molecule has 1 spiro atoms. The number of hydrogen-bond donors (Lipinski definition) is 6. The quantitative estimate of drug-likeness (QED) is 0.126. The molecule has 16 heteroatoms. The van der Waals surface area contributed by atoms with Gasteiger partial charge in [-0.3, -0.25) is 14.4 Å². The zero-order chi connectivity index (χ0) is 35.0. The van der Waals surface area contributed by atoms with Gasteiger partial charge in [0.05, 0.1) is 18.0 Å². The average molecular weight is 680 g/mol. The summed E-state index contributed by atoms with van der Waals surface area (Å²) in [5, 5.41) is 39.0. The molecule has 5 amide bonds. The third kappa shape index (κ3) is 7.08. The van der Waals surface area contributed by atoms with E-state index in [1.54, 1.807) is 35.2 Å². The SMILES string of the molecule is CC(=N)/C(=N\O)C(=O)N[C@H](C(=O)Nc1ccc2c(c1)CC(C(=O)NCc1cccnn1)(N1CC3(CC3)CNC1=O)C2)C1CCC(F)(F)CC1. The van der Waals surface area contributed by atoms with Gasteiger partial charge in [-0.05, 0) is 73.9 Å². The predicted molar refractivity (Wildman–Crippen MR) is 172 cm³/mol. The largest absolute Gasteiger partial charge is 0.410 e. The molecule has 3 aliphatic carbocycles. The first-order valence-electron chi connectivity index (χ1n) is 16.3. The van der Waals surface area contributed by atoms with Crippen LogP contribution in [-0.2, 0) is 33.8 Å². The van der Waals surface area contributed by atoms with Gasteiger partial charge in [0.2, 0.25) is 17.7 Å². The van der Waals surface area contributed by atoms with E-state index in [1.165, 1.54) is 13.1 Å². The van der Waals surface area contributed by atoms with E-state index in [0.717, 1.165) is 24.0 Å². The Morgan fingerprint density at radius 3 is 2.53 bits per heavy atom. The van der Waals surface area contributed by atoms with E-state index in [2.05, 4.69) is 36.6 Å². The number of halogens is 2. The van der Waals surface area contributed by atoms with Crippen LogP contribution in [-0.4, -0.2) is 86.1 Å². The van der Waals surface area contributed by atoms with Crippen LogP contribution in [0.2, 0.25) is 0 Å². The van der Waals surface area contributed by atoms with E-state index in [1.807, 2.05) is 0 Å². The number of nitrogens with zero attached hydrogens (tertiary/aromatic N) is 4. The normalized spacial score (nSPS) is 23.2.